The second kappa shape index (κ2) is 11.5. The number of aryl methyl sites for hydroxylation is 2. The smallest absolute Gasteiger partial charge is 0.255 e. The van der Waals surface area contributed by atoms with Gasteiger partial charge in [-0.25, -0.2) is 9.97 Å². The molecule has 1 aliphatic rings. The van der Waals surface area contributed by atoms with Gasteiger partial charge >= 0.3 is 0 Å². The molecule has 2 aromatic rings. The lowest BCUT2D eigenvalue weighted by atomic mass is 9.86. The molecule has 2 aromatic heterocycles. The highest BCUT2D eigenvalue weighted by molar-refractivity contribution is 8.02. The Morgan fingerprint density at radius 2 is 2.18 bits per heavy atom. The van der Waals surface area contributed by atoms with Crippen molar-refractivity contribution < 1.29 is 9.59 Å². The zero-order chi connectivity index (χ0) is 24.0. The first-order chi connectivity index (χ1) is 15.8. The van der Waals surface area contributed by atoms with Crippen LogP contribution in [0.25, 0.3) is 5.70 Å². The maximum atomic E-state index is 13.0. The summed E-state index contributed by atoms with van der Waals surface area (Å²) in [6, 6.07) is 3.59. The van der Waals surface area contributed by atoms with E-state index in [9.17, 15) is 9.59 Å². The fourth-order valence-corrected chi connectivity index (χ4v) is 5.58. The van der Waals surface area contributed by atoms with Gasteiger partial charge in [-0.3, -0.25) is 14.6 Å². The SMILES string of the molecule is C=N/C(=C\SCNc1ccc(C(=O)N2[C@H](CCN)C[C@@H]2CC(C)=O)cn1)c1sc(C)nc1C. The first-order valence-electron chi connectivity index (χ1n) is 10.8. The highest BCUT2D eigenvalue weighted by Crippen LogP contribution is 2.32. The summed E-state index contributed by atoms with van der Waals surface area (Å²) in [6.07, 6.45) is 3.52. The molecule has 0 aliphatic carbocycles. The fraction of sp³-hybridized carbons (Fsp3) is 0.435. The number of nitrogens with zero attached hydrogens (tertiary/aromatic N) is 4. The summed E-state index contributed by atoms with van der Waals surface area (Å²) in [5.41, 5.74) is 7.96. The molecule has 1 saturated heterocycles. The monoisotopic (exact) mass is 486 g/mol. The van der Waals surface area contributed by atoms with E-state index in [2.05, 4.69) is 27.0 Å². The molecule has 33 heavy (non-hydrogen) atoms. The fourth-order valence-electron chi connectivity index (χ4n) is 3.94. The Kier molecular flexibility index (Phi) is 8.76. The Hall–Kier alpha value is -2.56. The number of aliphatic imine (C=N–C) groups is 1. The molecule has 1 amide bonds. The van der Waals surface area contributed by atoms with E-state index in [1.165, 1.54) is 0 Å². The minimum absolute atomic E-state index is 0.0498. The number of anilines is 1. The van der Waals surface area contributed by atoms with Crippen LogP contribution in [0, 0.1) is 13.8 Å². The summed E-state index contributed by atoms with van der Waals surface area (Å²) in [5.74, 6) is 1.25. The number of likely N-dealkylation sites (tertiary alicyclic amines) is 1. The molecular weight excluding hydrogens is 456 g/mol. The minimum atomic E-state index is -0.0979. The van der Waals surface area contributed by atoms with Crippen molar-refractivity contribution in [3.05, 3.63) is 44.9 Å². The molecule has 1 fully saturated rings. The Bertz CT molecular complexity index is 1030. The van der Waals surface area contributed by atoms with Crippen LogP contribution in [0.15, 0.2) is 28.7 Å². The molecule has 8 nitrogen and oxygen atoms in total. The number of Topliss-reactive ketones (excluding diaryl/α,β-unsaturated/α-hetero) is 1. The molecule has 1 aliphatic heterocycles. The number of thiazole rings is 1. The summed E-state index contributed by atoms with van der Waals surface area (Å²) >= 11 is 3.15. The second-order valence-corrected chi connectivity index (χ2v) is 10.0. The van der Waals surface area contributed by atoms with Crippen LogP contribution in [0.5, 0.6) is 0 Å². The van der Waals surface area contributed by atoms with E-state index < -0.39 is 0 Å². The van der Waals surface area contributed by atoms with E-state index in [0.29, 0.717) is 30.2 Å². The predicted molar refractivity (Wildman–Crippen MR) is 137 cm³/mol. The Morgan fingerprint density at radius 3 is 2.76 bits per heavy atom. The quantitative estimate of drug-likeness (QED) is 0.282. The van der Waals surface area contributed by atoms with Crippen molar-refractivity contribution in [3.63, 3.8) is 0 Å². The standard InChI is InChI=1S/C23H30N6O2S2/c1-14(30)9-19-10-18(7-8-24)29(19)23(31)17-5-6-21(26-11-17)27-13-32-12-20(25-4)22-15(2)28-16(3)33-22/h5-6,11-12,18-19H,4,7-10,13,24H2,1-3H3,(H,26,27)/b20-12-/t18-,19+/m1/s1. The lowest BCUT2D eigenvalue weighted by molar-refractivity contribution is -0.119. The molecule has 3 rings (SSSR count). The first-order valence-corrected chi connectivity index (χ1v) is 12.7. The number of hydrogen-bond acceptors (Lipinski definition) is 9. The molecule has 2 atom stereocenters. The summed E-state index contributed by atoms with van der Waals surface area (Å²) in [6.45, 7) is 9.68. The molecule has 3 heterocycles. The van der Waals surface area contributed by atoms with Gasteiger partial charge in [0.05, 0.1) is 32.7 Å². The maximum Gasteiger partial charge on any atom is 0.255 e. The number of hydrogen-bond donors (Lipinski definition) is 2. The van der Waals surface area contributed by atoms with Crippen LogP contribution in [0.1, 0.15) is 52.1 Å². The van der Waals surface area contributed by atoms with Gasteiger partial charge in [-0.1, -0.05) is 0 Å². The molecule has 0 unspecified atom stereocenters. The molecule has 3 N–H and O–H groups in total. The van der Waals surface area contributed by atoms with Gasteiger partial charge in [0.15, 0.2) is 0 Å². The number of ketones is 1. The number of carbonyl (C=O) groups excluding carboxylic acids is 2. The van der Waals surface area contributed by atoms with Gasteiger partial charge in [0.25, 0.3) is 5.91 Å². The number of nitrogens with one attached hydrogen (secondary N) is 1. The average molecular weight is 487 g/mol. The maximum absolute atomic E-state index is 13.0. The zero-order valence-corrected chi connectivity index (χ0v) is 20.8. The molecule has 0 saturated carbocycles. The lowest BCUT2D eigenvalue weighted by Gasteiger charge is -2.48. The minimum Gasteiger partial charge on any atom is -0.361 e. The van der Waals surface area contributed by atoms with Crippen LogP contribution in [0.4, 0.5) is 5.82 Å². The van der Waals surface area contributed by atoms with Crippen molar-refractivity contribution in [2.45, 2.75) is 52.1 Å². The van der Waals surface area contributed by atoms with Crippen LogP contribution in [-0.4, -0.2) is 57.8 Å². The summed E-state index contributed by atoms with van der Waals surface area (Å²) in [5, 5.41) is 6.18. The van der Waals surface area contributed by atoms with Gasteiger partial charge in [0, 0.05) is 24.7 Å². The van der Waals surface area contributed by atoms with Crippen molar-refractivity contribution >= 4 is 53.0 Å². The zero-order valence-electron chi connectivity index (χ0n) is 19.2. The summed E-state index contributed by atoms with van der Waals surface area (Å²) < 4.78 is 0. The largest absolute Gasteiger partial charge is 0.361 e. The van der Waals surface area contributed by atoms with Crippen molar-refractivity contribution in [1.29, 1.82) is 0 Å². The number of carbonyl (C=O) groups is 2. The average Bonchev–Trinajstić information content (AvgIpc) is 3.10. The van der Waals surface area contributed by atoms with Crippen LogP contribution in [0.3, 0.4) is 0 Å². The number of amides is 1. The van der Waals surface area contributed by atoms with Crippen molar-refractivity contribution in [2.24, 2.45) is 10.7 Å². The van der Waals surface area contributed by atoms with Crippen molar-refractivity contribution in [3.8, 4) is 0 Å². The van der Waals surface area contributed by atoms with Gasteiger partial charge in [-0.15, -0.1) is 23.1 Å². The first kappa shape index (κ1) is 25.1. The summed E-state index contributed by atoms with van der Waals surface area (Å²) in [7, 11) is 0. The lowest BCUT2D eigenvalue weighted by Crippen LogP contribution is -2.59. The van der Waals surface area contributed by atoms with Crippen molar-refractivity contribution in [1.82, 2.24) is 14.9 Å². The van der Waals surface area contributed by atoms with E-state index in [4.69, 9.17) is 5.73 Å². The van der Waals surface area contributed by atoms with Gasteiger partial charge in [0.1, 0.15) is 11.6 Å². The third-order valence-corrected chi connectivity index (χ3v) is 7.23. The van der Waals surface area contributed by atoms with Crippen LogP contribution >= 0.6 is 23.1 Å². The van der Waals surface area contributed by atoms with Gasteiger partial charge < -0.3 is 16.0 Å². The molecule has 0 spiro atoms. The van der Waals surface area contributed by atoms with Crippen molar-refractivity contribution in [2.75, 3.05) is 17.7 Å². The van der Waals surface area contributed by atoms with E-state index in [0.717, 1.165) is 34.1 Å². The molecule has 176 valence electrons. The van der Waals surface area contributed by atoms with Gasteiger partial charge in [0.2, 0.25) is 0 Å². The number of rotatable bonds is 11. The number of thioether (sulfide) groups is 1. The van der Waals surface area contributed by atoms with E-state index in [1.807, 2.05) is 19.3 Å². The normalized spacial score (nSPS) is 18.1. The number of aromatic nitrogens is 2. The third kappa shape index (κ3) is 6.27. The second-order valence-electron chi connectivity index (χ2n) is 7.97. The predicted octanol–water partition coefficient (Wildman–Crippen LogP) is 3.87. The van der Waals surface area contributed by atoms with Gasteiger partial charge in [-0.05, 0) is 64.4 Å². The van der Waals surface area contributed by atoms with E-state index in [1.54, 1.807) is 53.3 Å². The summed E-state index contributed by atoms with van der Waals surface area (Å²) in [4.78, 5) is 40.3. The van der Waals surface area contributed by atoms with Gasteiger partial charge in [-0.2, -0.15) is 0 Å². The molecular formula is C23H30N6O2S2. The van der Waals surface area contributed by atoms with Crippen LogP contribution in [-0.2, 0) is 4.79 Å². The van der Waals surface area contributed by atoms with Crippen LogP contribution < -0.4 is 11.1 Å². The Balaban J connectivity index is 1.57. The molecule has 0 aromatic carbocycles. The molecule has 0 bridgehead atoms. The highest BCUT2D eigenvalue weighted by atomic mass is 32.2. The highest BCUT2D eigenvalue weighted by Gasteiger charge is 2.41. The molecule has 0 radical (unpaired) electrons. The topological polar surface area (TPSA) is 114 Å². The number of nitrogens with two attached hydrogens (primary N) is 1. The third-order valence-electron chi connectivity index (χ3n) is 5.44. The molecule has 10 heteroatoms. The Labute approximate surface area is 202 Å². The number of pyridine rings is 1. The van der Waals surface area contributed by atoms with Crippen LogP contribution in [0.2, 0.25) is 0 Å². The van der Waals surface area contributed by atoms with E-state index >= 15 is 0 Å². The Morgan fingerprint density at radius 1 is 1.39 bits per heavy atom. The van der Waals surface area contributed by atoms with E-state index in [-0.39, 0.29) is 23.8 Å².